The van der Waals surface area contributed by atoms with Gasteiger partial charge in [0, 0.05) is 31.3 Å². The summed E-state index contributed by atoms with van der Waals surface area (Å²) in [5.41, 5.74) is 0.288. The van der Waals surface area contributed by atoms with Crippen LogP contribution < -0.4 is 4.74 Å². The van der Waals surface area contributed by atoms with Crippen LogP contribution in [0.25, 0.3) is 5.65 Å². The number of aliphatic carboxylic acids is 1. The minimum Gasteiger partial charge on any atom is -0.481 e. The van der Waals surface area contributed by atoms with Crippen LogP contribution in [0.3, 0.4) is 0 Å². The zero-order valence-corrected chi connectivity index (χ0v) is 26.3. The highest BCUT2D eigenvalue weighted by molar-refractivity contribution is 7.89. The highest BCUT2D eigenvalue weighted by atomic mass is 32.2. The first kappa shape index (κ1) is 31.9. The summed E-state index contributed by atoms with van der Waals surface area (Å²) in [5.74, 6) is -3.16. The molecule has 1 fully saturated rings. The first-order chi connectivity index (χ1) is 21.5. The number of rotatable bonds is 6. The molecule has 0 unspecified atom stereocenters. The number of carbonyl (C=O) groups is 1. The fraction of sp³-hybridized carbons (Fsp3) is 0.419. The lowest BCUT2D eigenvalue weighted by Gasteiger charge is -2.33. The maximum Gasteiger partial charge on any atom is 0.452 e. The Bertz CT molecular complexity index is 1950. The summed E-state index contributed by atoms with van der Waals surface area (Å²) in [6.45, 7) is 7.02. The fourth-order valence-electron chi connectivity index (χ4n) is 6.31. The molecule has 3 aromatic heterocycles. The number of pyridine rings is 2. The number of benzene rings is 1. The van der Waals surface area contributed by atoms with Gasteiger partial charge >= 0.3 is 12.1 Å². The number of halogens is 3. The summed E-state index contributed by atoms with van der Waals surface area (Å²) >= 11 is 0. The topological polar surface area (TPSA) is 136 Å². The van der Waals surface area contributed by atoms with E-state index in [2.05, 4.69) is 15.2 Å². The molecule has 1 aromatic carbocycles. The van der Waals surface area contributed by atoms with Gasteiger partial charge in [-0.15, -0.1) is 10.2 Å². The molecular weight excluding hydrogens is 627 g/mol. The average molecular weight is 660 g/mol. The molecule has 0 amide bonds. The molecule has 5 heterocycles. The van der Waals surface area contributed by atoms with Crippen molar-refractivity contribution in [2.24, 2.45) is 5.41 Å². The number of hydrogen-bond acceptors (Lipinski definition) is 8. The van der Waals surface area contributed by atoms with E-state index in [0.717, 1.165) is 9.96 Å². The second kappa shape index (κ2) is 11.0. The number of carboxylic acid groups (broad SMARTS) is 1. The van der Waals surface area contributed by atoms with Crippen molar-refractivity contribution in [2.45, 2.75) is 63.3 Å². The Morgan fingerprint density at radius 2 is 1.91 bits per heavy atom. The van der Waals surface area contributed by atoms with Crippen LogP contribution in [-0.2, 0) is 32.3 Å². The van der Waals surface area contributed by atoms with Crippen molar-refractivity contribution in [1.29, 1.82) is 0 Å². The van der Waals surface area contributed by atoms with Crippen LogP contribution in [0.2, 0.25) is 0 Å². The normalized spacial score (nSPS) is 20.8. The van der Waals surface area contributed by atoms with Crippen LogP contribution in [0, 0.1) is 19.3 Å². The first-order valence-electron chi connectivity index (χ1n) is 14.5. The molecule has 4 aromatic rings. The second-order valence-corrected chi connectivity index (χ2v) is 14.3. The molecule has 1 spiro atoms. The van der Waals surface area contributed by atoms with Gasteiger partial charge in [0.2, 0.25) is 21.7 Å². The van der Waals surface area contributed by atoms with Gasteiger partial charge in [-0.1, -0.05) is 18.2 Å². The van der Waals surface area contributed by atoms with Gasteiger partial charge in [0.15, 0.2) is 5.65 Å². The summed E-state index contributed by atoms with van der Waals surface area (Å²) in [6, 6.07) is 9.74. The molecule has 0 radical (unpaired) electrons. The van der Waals surface area contributed by atoms with Crippen LogP contribution in [0.4, 0.5) is 13.2 Å². The smallest absolute Gasteiger partial charge is 0.452 e. The van der Waals surface area contributed by atoms with Gasteiger partial charge in [-0.3, -0.25) is 9.20 Å². The minimum atomic E-state index is -4.74. The Balaban J connectivity index is 1.46. The third kappa shape index (κ3) is 5.29. The van der Waals surface area contributed by atoms with E-state index in [1.165, 1.54) is 34.9 Å². The number of nitrogens with zero attached hydrogens (tertiary/aromatic N) is 5. The molecule has 46 heavy (non-hydrogen) atoms. The van der Waals surface area contributed by atoms with Gasteiger partial charge < -0.3 is 14.6 Å². The quantitative estimate of drug-likeness (QED) is 0.311. The monoisotopic (exact) mass is 659 g/mol. The van der Waals surface area contributed by atoms with E-state index in [0.29, 0.717) is 35.3 Å². The Morgan fingerprint density at radius 3 is 2.59 bits per heavy atom. The predicted octanol–water partition coefficient (Wildman–Crippen LogP) is 4.75. The molecule has 1 N–H and O–H groups in total. The second-order valence-electron chi connectivity index (χ2n) is 12.4. The van der Waals surface area contributed by atoms with Crippen molar-refractivity contribution in [2.75, 3.05) is 19.8 Å². The van der Waals surface area contributed by atoms with Crippen LogP contribution in [0.5, 0.6) is 5.88 Å². The molecule has 0 saturated carbocycles. The first-order valence-corrected chi connectivity index (χ1v) is 16.0. The molecule has 6 rings (SSSR count). The highest BCUT2D eigenvalue weighted by Gasteiger charge is 2.47. The fourth-order valence-corrected chi connectivity index (χ4v) is 7.87. The lowest BCUT2D eigenvalue weighted by Crippen LogP contribution is -2.47. The van der Waals surface area contributed by atoms with E-state index >= 15 is 0 Å². The largest absolute Gasteiger partial charge is 0.481 e. The van der Waals surface area contributed by atoms with Gasteiger partial charge in [0.1, 0.15) is 10.5 Å². The number of aromatic nitrogens is 4. The standard InChI is InChI=1S/C31H32F3N5O6S/c1-18-7-8-20(24(29(3,4)28(40)41)22-9-12-39-25(19(22)2)36-37-27(39)31(32,33)34)14-21(18)15-38-16-30(10-13-44-17-30)45-26-23(46(38,42)43)6-5-11-35-26/h5-9,11-12,14,24H,10,13,15-17H2,1-4H3,(H,40,41)/t24-,30-/m1/s1. The summed E-state index contributed by atoms with van der Waals surface area (Å²) in [5, 5.41) is 17.5. The molecule has 0 aliphatic carbocycles. The van der Waals surface area contributed by atoms with Crippen molar-refractivity contribution in [1.82, 2.24) is 23.9 Å². The number of fused-ring (bicyclic) bond motifs is 2. The molecule has 1 saturated heterocycles. The predicted molar refractivity (Wildman–Crippen MR) is 158 cm³/mol. The number of ether oxygens (including phenoxy) is 2. The third-order valence-electron chi connectivity index (χ3n) is 8.96. The SMILES string of the molecule is Cc1ccc([C@H](c2ccn3c(C(F)(F)F)nnc3c2C)C(C)(C)C(=O)O)cc1CN1C[C@@]2(CCOC2)Oc2ncccc2S1(=O)=O. The van der Waals surface area contributed by atoms with Crippen molar-refractivity contribution in [3.63, 3.8) is 0 Å². The lowest BCUT2D eigenvalue weighted by atomic mass is 9.70. The number of alkyl halides is 3. The maximum atomic E-state index is 14.0. The number of hydrogen-bond donors (Lipinski definition) is 1. The van der Waals surface area contributed by atoms with Crippen LogP contribution in [0.1, 0.15) is 59.8 Å². The third-order valence-corrected chi connectivity index (χ3v) is 10.8. The number of sulfonamides is 1. The van der Waals surface area contributed by atoms with Gasteiger partial charge in [-0.25, -0.2) is 13.4 Å². The Kier molecular flexibility index (Phi) is 7.64. The van der Waals surface area contributed by atoms with Crippen LogP contribution in [-0.4, -0.2) is 68.7 Å². The van der Waals surface area contributed by atoms with Crippen molar-refractivity contribution in [3.05, 3.63) is 82.4 Å². The molecular formula is C31H32F3N5O6S. The van der Waals surface area contributed by atoms with Gasteiger partial charge in [0.05, 0.1) is 25.2 Å². The van der Waals surface area contributed by atoms with Crippen molar-refractivity contribution < 1.29 is 41.0 Å². The average Bonchev–Trinajstić information content (AvgIpc) is 3.61. The summed E-state index contributed by atoms with van der Waals surface area (Å²) in [6.07, 6.45) is -1.62. The van der Waals surface area contributed by atoms with E-state index in [1.54, 1.807) is 39.0 Å². The van der Waals surface area contributed by atoms with Crippen LogP contribution >= 0.6 is 0 Å². The highest BCUT2D eigenvalue weighted by Crippen LogP contribution is 2.44. The van der Waals surface area contributed by atoms with E-state index in [9.17, 15) is 31.5 Å². The molecule has 11 nitrogen and oxygen atoms in total. The molecule has 2 aliphatic rings. The zero-order chi connectivity index (χ0) is 33.2. The van der Waals surface area contributed by atoms with Gasteiger partial charge in [-0.2, -0.15) is 17.5 Å². The minimum absolute atomic E-state index is 0.00358. The van der Waals surface area contributed by atoms with E-state index < -0.39 is 44.9 Å². The number of carboxylic acids is 1. The molecule has 2 atom stereocenters. The van der Waals surface area contributed by atoms with Crippen molar-refractivity contribution >= 4 is 21.6 Å². The van der Waals surface area contributed by atoms with E-state index in [-0.39, 0.29) is 36.1 Å². The Labute approximate surface area is 263 Å². The zero-order valence-electron chi connectivity index (χ0n) is 25.5. The summed E-state index contributed by atoms with van der Waals surface area (Å²) in [4.78, 5) is 16.8. The Hall–Kier alpha value is -4.08. The maximum absolute atomic E-state index is 14.0. The van der Waals surface area contributed by atoms with Gasteiger partial charge in [-0.05, 0) is 73.7 Å². The lowest BCUT2D eigenvalue weighted by molar-refractivity contribution is -0.147. The molecule has 244 valence electrons. The summed E-state index contributed by atoms with van der Waals surface area (Å²) < 4.78 is 82.7. The van der Waals surface area contributed by atoms with E-state index in [1.807, 2.05) is 6.92 Å². The molecule has 2 aliphatic heterocycles. The van der Waals surface area contributed by atoms with E-state index in [4.69, 9.17) is 9.47 Å². The van der Waals surface area contributed by atoms with Crippen molar-refractivity contribution in [3.8, 4) is 5.88 Å². The molecule has 0 bridgehead atoms. The van der Waals surface area contributed by atoms with Gasteiger partial charge in [0.25, 0.3) is 0 Å². The molecule has 15 heteroatoms. The number of aryl methyl sites for hydroxylation is 2. The van der Waals surface area contributed by atoms with Crippen LogP contribution in [0.15, 0.2) is 53.7 Å². The summed E-state index contributed by atoms with van der Waals surface area (Å²) in [7, 11) is -4.08. The Morgan fingerprint density at radius 1 is 1.15 bits per heavy atom.